The predicted octanol–water partition coefficient (Wildman–Crippen LogP) is 5.61. The molecule has 218 valence electrons. The van der Waals surface area contributed by atoms with Crippen molar-refractivity contribution in [3.05, 3.63) is 123 Å². The smallest absolute Gasteiger partial charge is 0.266 e. The van der Waals surface area contributed by atoms with E-state index in [-0.39, 0.29) is 25.5 Å². The van der Waals surface area contributed by atoms with Crippen LogP contribution in [0.4, 0.5) is 0 Å². The van der Waals surface area contributed by atoms with Crippen LogP contribution in [0.5, 0.6) is 5.75 Å². The summed E-state index contributed by atoms with van der Waals surface area (Å²) in [7, 11) is 0. The molecule has 1 heterocycles. The lowest BCUT2D eigenvalue weighted by Gasteiger charge is -2.30. The molecule has 0 radical (unpaired) electrons. The van der Waals surface area contributed by atoms with Crippen LogP contribution in [0, 0.1) is 0 Å². The Morgan fingerprint density at radius 1 is 1.21 bits per heavy atom. The van der Waals surface area contributed by atoms with Crippen LogP contribution in [0.1, 0.15) is 41.2 Å². The van der Waals surface area contributed by atoms with E-state index in [2.05, 4.69) is 27.5 Å². The van der Waals surface area contributed by atoms with Gasteiger partial charge in [0.25, 0.3) is 5.91 Å². The number of aliphatic hydroxyl groups is 1. The van der Waals surface area contributed by atoms with Gasteiger partial charge in [-0.1, -0.05) is 59.2 Å². The Labute approximate surface area is 249 Å². The predicted molar refractivity (Wildman–Crippen MR) is 162 cm³/mol. The van der Waals surface area contributed by atoms with E-state index in [1.165, 1.54) is 0 Å². The van der Waals surface area contributed by atoms with Gasteiger partial charge >= 0.3 is 0 Å². The van der Waals surface area contributed by atoms with Crippen molar-refractivity contribution in [1.82, 2.24) is 10.9 Å². The van der Waals surface area contributed by atoms with Gasteiger partial charge in [-0.3, -0.25) is 10.2 Å². The average molecular weight is 589 g/mol. The van der Waals surface area contributed by atoms with Crippen LogP contribution < -0.4 is 15.6 Å². The molecular formula is C31H33ClN6O4. The zero-order chi connectivity index (χ0) is 29.8. The van der Waals surface area contributed by atoms with Crippen LogP contribution in [-0.2, 0) is 22.5 Å². The van der Waals surface area contributed by atoms with Gasteiger partial charge in [0.2, 0.25) is 5.90 Å². The summed E-state index contributed by atoms with van der Waals surface area (Å²) in [5.74, 6) is 0.536. The lowest BCUT2D eigenvalue weighted by atomic mass is 9.83. The number of ether oxygens (including phenoxy) is 2. The minimum Gasteiger partial charge on any atom is -0.494 e. The van der Waals surface area contributed by atoms with E-state index in [9.17, 15) is 4.79 Å². The summed E-state index contributed by atoms with van der Waals surface area (Å²) in [5.41, 5.74) is 16.5. The number of carbonyl (C=O) groups is 1. The summed E-state index contributed by atoms with van der Waals surface area (Å²) in [6, 6.07) is 22.1. The van der Waals surface area contributed by atoms with Gasteiger partial charge < -0.3 is 14.6 Å². The topological polar surface area (TPSA) is 141 Å². The molecular weight excluding hydrogens is 556 g/mol. The highest BCUT2D eigenvalue weighted by Gasteiger charge is 2.53. The first-order valence-corrected chi connectivity index (χ1v) is 14.0. The first-order chi connectivity index (χ1) is 20.5. The normalized spacial score (nSPS) is 17.5. The summed E-state index contributed by atoms with van der Waals surface area (Å²) < 4.78 is 12.1. The van der Waals surface area contributed by atoms with Crippen molar-refractivity contribution in [2.24, 2.45) is 10.1 Å². The Bertz CT molecular complexity index is 1460. The van der Waals surface area contributed by atoms with Crippen molar-refractivity contribution in [1.29, 1.82) is 0 Å². The number of amides is 1. The van der Waals surface area contributed by atoms with E-state index in [4.69, 9.17) is 36.7 Å². The molecule has 3 aromatic rings. The molecule has 3 aromatic carbocycles. The van der Waals surface area contributed by atoms with Crippen LogP contribution in [0.2, 0.25) is 5.02 Å². The molecule has 0 saturated carbocycles. The van der Waals surface area contributed by atoms with Crippen molar-refractivity contribution >= 4 is 23.4 Å². The molecule has 2 atom stereocenters. The van der Waals surface area contributed by atoms with Crippen LogP contribution >= 0.6 is 11.6 Å². The fraction of sp³-hybridized carbons (Fsp3) is 0.290. The molecule has 0 aliphatic carbocycles. The number of hydrazine groups is 1. The van der Waals surface area contributed by atoms with E-state index in [0.29, 0.717) is 47.9 Å². The average Bonchev–Trinajstić information content (AvgIpc) is 3.39. The highest BCUT2D eigenvalue weighted by Crippen LogP contribution is 2.44. The molecule has 4 rings (SSSR count). The van der Waals surface area contributed by atoms with Gasteiger partial charge in [-0.25, -0.2) is 10.4 Å². The molecule has 0 aromatic heterocycles. The minimum atomic E-state index is -1.40. The Morgan fingerprint density at radius 2 is 2.02 bits per heavy atom. The van der Waals surface area contributed by atoms with Gasteiger partial charge in [-0.2, -0.15) is 0 Å². The molecule has 1 amide bonds. The number of hydrogen-bond acceptors (Lipinski definition) is 7. The summed E-state index contributed by atoms with van der Waals surface area (Å²) in [5, 5.41) is 13.4. The minimum absolute atomic E-state index is 0.0498. The molecule has 1 aliphatic rings. The third kappa shape index (κ3) is 7.48. The Morgan fingerprint density at radius 3 is 2.76 bits per heavy atom. The fourth-order valence-corrected chi connectivity index (χ4v) is 4.92. The van der Waals surface area contributed by atoms with Gasteiger partial charge in [-0.05, 0) is 65.0 Å². The second-order valence-corrected chi connectivity index (χ2v) is 10.1. The Hall–Kier alpha value is -4.34. The fourth-order valence-electron chi connectivity index (χ4n) is 4.70. The number of halogens is 1. The van der Waals surface area contributed by atoms with Gasteiger partial charge in [0.15, 0.2) is 11.6 Å². The third-order valence-corrected chi connectivity index (χ3v) is 6.99. The maximum absolute atomic E-state index is 14.0. The van der Waals surface area contributed by atoms with Crippen molar-refractivity contribution in [2.45, 2.75) is 37.5 Å². The quantitative estimate of drug-likeness (QED) is 0.0528. The number of aliphatic imine (C=N–C) groups is 1. The number of aliphatic hydroxyl groups excluding tert-OH is 1. The van der Waals surface area contributed by atoms with E-state index in [0.717, 1.165) is 11.1 Å². The molecule has 1 aliphatic heterocycles. The molecule has 42 heavy (non-hydrogen) atoms. The number of nitrogens with zero attached hydrogens (tertiary/aromatic N) is 4. The highest BCUT2D eigenvalue weighted by molar-refractivity contribution is 6.30. The number of azide groups is 1. The van der Waals surface area contributed by atoms with E-state index in [1.54, 1.807) is 30.3 Å². The molecule has 0 saturated heterocycles. The zero-order valence-electron chi connectivity index (χ0n) is 23.1. The van der Waals surface area contributed by atoms with Crippen LogP contribution in [0.15, 0.2) is 95.6 Å². The number of nitrogens with one attached hydrogen (secondary N) is 2. The summed E-state index contributed by atoms with van der Waals surface area (Å²) in [6.45, 7) is 4.90. The monoisotopic (exact) mass is 588 g/mol. The molecule has 3 N–H and O–H groups in total. The number of hydrogen-bond donors (Lipinski definition) is 3. The molecule has 0 spiro atoms. The zero-order valence-corrected chi connectivity index (χ0v) is 23.8. The largest absolute Gasteiger partial charge is 0.494 e. The van der Waals surface area contributed by atoms with Crippen molar-refractivity contribution < 1.29 is 19.4 Å². The molecule has 0 unspecified atom stereocenters. The van der Waals surface area contributed by atoms with Gasteiger partial charge in [-0.15, -0.1) is 6.58 Å². The molecule has 0 fully saturated rings. The summed E-state index contributed by atoms with van der Waals surface area (Å²) in [6.07, 6.45) is 2.17. The Balaban J connectivity index is 1.63. The summed E-state index contributed by atoms with van der Waals surface area (Å²) >= 11 is 6.10. The molecule has 11 heteroatoms. The third-order valence-electron chi connectivity index (χ3n) is 6.76. The van der Waals surface area contributed by atoms with Crippen molar-refractivity contribution in [2.75, 3.05) is 19.8 Å². The van der Waals surface area contributed by atoms with Crippen molar-refractivity contribution in [3.8, 4) is 5.75 Å². The second-order valence-electron chi connectivity index (χ2n) is 9.63. The second kappa shape index (κ2) is 15.0. The van der Waals surface area contributed by atoms with E-state index in [1.807, 2.05) is 48.5 Å². The number of carbonyl (C=O) groups excluding carboxylic acids is 1. The van der Waals surface area contributed by atoms with Gasteiger partial charge in [0.05, 0.1) is 13.2 Å². The first kappa shape index (κ1) is 30.6. The van der Waals surface area contributed by atoms with E-state index < -0.39 is 17.6 Å². The number of rotatable bonds is 15. The van der Waals surface area contributed by atoms with E-state index >= 15 is 0 Å². The maximum Gasteiger partial charge on any atom is 0.266 e. The first-order valence-electron chi connectivity index (χ1n) is 13.6. The van der Waals surface area contributed by atoms with Crippen LogP contribution in [0.25, 0.3) is 10.4 Å². The molecule has 0 bridgehead atoms. The van der Waals surface area contributed by atoms with Gasteiger partial charge in [0.1, 0.15) is 5.75 Å². The maximum atomic E-state index is 14.0. The van der Waals surface area contributed by atoms with Crippen LogP contribution in [0.3, 0.4) is 0 Å². The SMILES string of the molecule is C=CC[C@]1(C(=O)NNCCc2cccc(Cl)c2)N=C(c2ccc(OCCCO)cc2)O[C@H]1c1ccccc1CN=[N+]=[N-]. The van der Waals surface area contributed by atoms with Crippen LogP contribution in [-0.4, -0.2) is 42.2 Å². The molecule has 10 nitrogen and oxygen atoms in total. The Kier molecular flexibility index (Phi) is 11.0. The lowest BCUT2D eigenvalue weighted by molar-refractivity contribution is -0.129. The highest BCUT2D eigenvalue weighted by atomic mass is 35.5. The standard InChI is InChI=1S/C31H33ClN6O4/c1-2-16-31(30(40)37-34-17-15-22-7-5-9-25(32)20-22)28(27-10-4-3-8-24(27)21-35-38-33)42-29(36-31)23-11-13-26(14-12-23)41-19-6-18-39/h2-5,7-14,20,28,34,39H,1,6,15-19,21H2,(H,37,40)/t28-,31-/m0/s1. The lowest BCUT2D eigenvalue weighted by Crippen LogP contribution is -2.53. The van der Waals surface area contributed by atoms with Gasteiger partial charge in [0, 0.05) is 41.5 Å². The summed E-state index contributed by atoms with van der Waals surface area (Å²) in [4.78, 5) is 21.7. The number of benzene rings is 3. The van der Waals surface area contributed by atoms with Crippen molar-refractivity contribution in [3.63, 3.8) is 0 Å².